The van der Waals surface area contributed by atoms with Gasteiger partial charge in [-0.05, 0) is 34.5 Å². The van der Waals surface area contributed by atoms with Crippen LogP contribution < -0.4 is 0 Å². The second-order valence-electron chi connectivity index (χ2n) is 10.7. The van der Waals surface area contributed by atoms with Gasteiger partial charge in [-0.1, -0.05) is 88.4 Å². The Hall–Kier alpha value is 0.415. The van der Waals surface area contributed by atoms with Gasteiger partial charge in [-0.25, -0.2) is 0 Å². The monoisotopic (exact) mass is 324 g/mol. The molecule has 0 bridgehead atoms. The molecule has 0 N–H and O–H groups in total. The second kappa shape index (κ2) is 6.38. The maximum absolute atomic E-state index is 6.62. The van der Waals surface area contributed by atoms with Gasteiger partial charge in [0.2, 0.25) is 0 Å². The highest BCUT2D eigenvalue weighted by Crippen LogP contribution is 2.65. The Bertz CT molecular complexity index is 368. The highest BCUT2D eigenvalue weighted by molar-refractivity contribution is 7.82. The van der Waals surface area contributed by atoms with Crippen LogP contribution in [-0.4, -0.2) is 12.6 Å². The molecule has 3 atom stereocenters. The van der Waals surface area contributed by atoms with E-state index in [-0.39, 0.29) is 26.3 Å². The quantitative estimate of drug-likeness (QED) is 0.403. The summed E-state index contributed by atoms with van der Waals surface area (Å²) in [4.78, 5) is 0. The fourth-order valence-corrected chi connectivity index (χ4v) is 5.07. The van der Waals surface area contributed by atoms with Crippen LogP contribution in [0.2, 0.25) is 5.31 Å². The third-order valence-electron chi connectivity index (χ3n) is 6.55. The van der Waals surface area contributed by atoms with Gasteiger partial charge in [0.05, 0.1) is 7.85 Å². The van der Waals surface area contributed by atoms with Crippen LogP contribution in [0, 0.1) is 28.1 Å². The minimum absolute atomic E-state index is 0.00279. The molecule has 2 heteroatoms. The van der Waals surface area contributed by atoms with E-state index in [1.165, 1.54) is 0 Å². The average molecular weight is 324 g/mol. The lowest BCUT2D eigenvalue weighted by atomic mass is 9.43. The second-order valence-corrected chi connectivity index (χ2v) is 11.5. The topological polar surface area (TPSA) is 0 Å². The van der Waals surface area contributed by atoms with Gasteiger partial charge in [-0.2, -0.15) is 12.6 Å². The van der Waals surface area contributed by atoms with E-state index in [4.69, 9.17) is 20.5 Å². The van der Waals surface area contributed by atoms with Crippen LogP contribution in [0.1, 0.15) is 89.5 Å². The van der Waals surface area contributed by atoms with Crippen molar-refractivity contribution in [3.8, 4) is 0 Å². The molecule has 0 aromatic carbocycles. The van der Waals surface area contributed by atoms with Gasteiger partial charge in [0, 0.05) is 4.75 Å². The first-order chi connectivity index (χ1) is 9.31. The molecule has 2 radical (unpaired) electrons. The van der Waals surface area contributed by atoms with Crippen molar-refractivity contribution in [2.75, 3.05) is 0 Å². The minimum atomic E-state index is -0.358. The molecule has 130 valence electrons. The summed E-state index contributed by atoms with van der Waals surface area (Å²) in [5.41, 5.74) is 0.412. The Morgan fingerprint density at radius 3 is 1.41 bits per heavy atom. The molecule has 0 heterocycles. The lowest BCUT2D eigenvalue weighted by molar-refractivity contribution is -0.0588. The van der Waals surface area contributed by atoms with Crippen molar-refractivity contribution in [1.82, 2.24) is 0 Å². The molecule has 0 amide bonds. The van der Waals surface area contributed by atoms with Crippen LogP contribution in [0.4, 0.5) is 0 Å². The Kier molecular flexibility index (Phi) is 6.50. The molecule has 0 saturated carbocycles. The Balaban J connectivity index is 6.27. The summed E-state index contributed by atoms with van der Waals surface area (Å²) in [5.74, 6) is 1.12. The summed E-state index contributed by atoms with van der Waals surface area (Å²) in [6, 6.07) is 0. The predicted molar refractivity (Wildman–Crippen MR) is 107 cm³/mol. The summed E-state index contributed by atoms with van der Waals surface area (Å²) in [7, 11) is 6.62. The van der Waals surface area contributed by atoms with Crippen molar-refractivity contribution in [3.63, 3.8) is 0 Å². The van der Waals surface area contributed by atoms with E-state index in [1.807, 2.05) is 0 Å². The van der Waals surface area contributed by atoms with Crippen molar-refractivity contribution in [3.05, 3.63) is 0 Å². The van der Waals surface area contributed by atoms with E-state index in [1.54, 1.807) is 0 Å². The first-order valence-corrected chi connectivity index (χ1v) is 9.27. The molecule has 0 fully saturated rings. The van der Waals surface area contributed by atoms with E-state index < -0.39 is 0 Å². The number of hydrogen-bond donors (Lipinski definition) is 1. The van der Waals surface area contributed by atoms with Crippen LogP contribution in [0.25, 0.3) is 0 Å². The molecule has 0 rings (SSSR count). The van der Waals surface area contributed by atoms with E-state index in [9.17, 15) is 0 Å². The van der Waals surface area contributed by atoms with Crippen LogP contribution in [0.3, 0.4) is 0 Å². The SMILES string of the molecule is [B]C(C)(C)C(C)(S)C(C)(C(C)C(C)C)C(C)(C)CC(C)(C)C. The van der Waals surface area contributed by atoms with Crippen molar-refractivity contribution >= 4 is 20.5 Å². The molecule has 22 heavy (non-hydrogen) atoms. The summed E-state index contributed by atoms with van der Waals surface area (Å²) in [5, 5.41) is -0.358. The molecule has 0 saturated heterocycles. The smallest absolute Gasteiger partial charge is 0.0757 e. The van der Waals surface area contributed by atoms with Crippen molar-refractivity contribution in [2.24, 2.45) is 28.1 Å². The Labute approximate surface area is 148 Å². The first kappa shape index (κ1) is 22.4. The van der Waals surface area contributed by atoms with Crippen LogP contribution in [0.5, 0.6) is 0 Å². The van der Waals surface area contributed by atoms with Crippen LogP contribution in [0.15, 0.2) is 0 Å². The standard InChI is InChI=1S/C20H41BS/c1-14(2)15(3)19(11,20(12,22)18(9,10)21)17(7,8)13-16(4,5)6/h14-15,22H,13H2,1-12H3. The minimum Gasteiger partial charge on any atom is -0.172 e. The zero-order valence-electron chi connectivity index (χ0n) is 17.4. The normalized spacial score (nSPS) is 21.4. The fraction of sp³-hybridized carbons (Fsp3) is 1.00. The lowest BCUT2D eigenvalue weighted by Gasteiger charge is -2.63. The molecular weight excluding hydrogens is 283 g/mol. The maximum Gasteiger partial charge on any atom is 0.0757 e. The van der Waals surface area contributed by atoms with Crippen molar-refractivity contribution < 1.29 is 0 Å². The van der Waals surface area contributed by atoms with Gasteiger partial charge in [-0.3, -0.25) is 0 Å². The van der Waals surface area contributed by atoms with Gasteiger partial charge in [0.15, 0.2) is 0 Å². The number of thiol groups is 1. The van der Waals surface area contributed by atoms with E-state index in [2.05, 4.69) is 83.1 Å². The molecule has 0 nitrogen and oxygen atoms in total. The first-order valence-electron chi connectivity index (χ1n) is 8.82. The van der Waals surface area contributed by atoms with Crippen LogP contribution in [-0.2, 0) is 0 Å². The molecule has 3 unspecified atom stereocenters. The fourth-order valence-electron chi connectivity index (χ4n) is 4.56. The van der Waals surface area contributed by atoms with Crippen molar-refractivity contribution in [2.45, 2.75) is 99.6 Å². The van der Waals surface area contributed by atoms with Gasteiger partial charge in [0.1, 0.15) is 0 Å². The summed E-state index contributed by atoms with van der Waals surface area (Å²) in [6.07, 6.45) is 1.15. The maximum atomic E-state index is 6.62. The molecule has 0 spiro atoms. The van der Waals surface area contributed by atoms with Gasteiger partial charge in [-0.15, -0.1) is 0 Å². The third-order valence-corrected chi connectivity index (χ3v) is 7.60. The molecule has 0 aliphatic carbocycles. The summed E-state index contributed by atoms with van der Waals surface area (Å²) in [6.45, 7) is 27.8. The Morgan fingerprint density at radius 1 is 0.818 bits per heavy atom. The predicted octanol–water partition coefficient (Wildman–Crippen LogP) is 6.80. The zero-order chi connectivity index (χ0) is 18.4. The molecular formula is C20H41BS. The van der Waals surface area contributed by atoms with Gasteiger partial charge in [0.25, 0.3) is 0 Å². The zero-order valence-corrected chi connectivity index (χ0v) is 18.3. The van der Waals surface area contributed by atoms with E-state index in [0.717, 1.165) is 6.42 Å². The van der Waals surface area contributed by atoms with E-state index >= 15 is 0 Å². The molecule has 0 aromatic heterocycles. The summed E-state index contributed by atoms with van der Waals surface area (Å²) < 4.78 is -0.279. The molecule has 0 aliphatic rings. The largest absolute Gasteiger partial charge is 0.172 e. The molecule has 0 aliphatic heterocycles. The van der Waals surface area contributed by atoms with E-state index in [0.29, 0.717) is 11.8 Å². The Morgan fingerprint density at radius 2 is 1.18 bits per heavy atom. The average Bonchev–Trinajstić information content (AvgIpc) is 2.21. The summed E-state index contributed by atoms with van der Waals surface area (Å²) >= 11 is 5.20. The number of rotatable bonds is 6. The van der Waals surface area contributed by atoms with Crippen molar-refractivity contribution in [1.29, 1.82) is 0 Å². The highest BCUT2D eigenvalue weighted by Gasteiger charge is 2.59. The highest BCUT2D eigenvalue weighted by atomic mass is 32.1. The molecule has 0 aromatic rings. The van der Waals surface area contributed by atoms with Crippen LogP contribution >= 0.6 is 12.6 Å². The van der Waals surface area contributed by atoms with Gasteiger partial charge < -0.3 is 0 Å². The third kappa shape index (κ3) is 4.08. The van der Waals surface area contributed by atoms with Gasteiger partial charge >= 0.3 is 0 Å². The lowest BCUT2D eigenvalue weighted by Crippen LogP contribution is -2.59. The number of hydrogen-bond acceptors (Lipinski definition) is 1.